The molecular formula is C23H34IN3O3. The largest absolute Gasteiger partial charge is 0.496 e. The van der Waals surface area contributed by atoms with Gasteiger partial charge < -0.3 is 25.2 Å². The van der Waals surface area contributed by atoms with Crippen LogP contribution in [0.2, 0.25) is 0 Å². The molecule has 0 aliphatic rings. The van der Waals surface area contributed by atoms with E-state index in [4.69, 9.17) is 9.47 Å². The molecule has 0 aliphatic heterocycles. The molecule has 1 unspecified atom stereocenters. The van der Waals surface area contributed by atoms with Gasteiger partial charge in [0.05, 0.1) is 33.0 Å². The molecule has 166 valence electrons. The standard InChI is InChI=1S/C23H33N3O3.HI/c1-4-24-23(25-13-12-20-14-18(2)10-11-22(20)28-3)26-15-21(27)17-29-16-19-8-6-5-7-9-19;/h5-11,14,21,27H,4,12-13,15-17H2,1-3H3,(H2,24,25,26);1H. The van der Waals surface area contributed by atoms with Crippen LogP contribution in [0.25, 0.3) is 0 Å². The minimum atomic E-state index is -0.647. The highest BCUT2D eigenvalue weighted by molar-refractivity contribution is 14.0. The maximum Gasteiger partial charge on any atom is 0.191 e. The maximum atomic E-state index is 10.1. The molecule has 0 amide bonds. The Balaban J connectivity index is 0.00000450. The van der Waals surface area contributed by atoms with Crippen molar-refractivity contribution in [2.24, 2.45) is 4.99 Å². The molecule has 0 saturated carbocycles. The number of halogens is 1. The first-order valence-corrected chi connectivity index (χ1v) is 10.1. The van der Waals surface area contributed by atoms with Crippen LogP contribution in [0.5, 0.6) is 5.75 Å². The van der Waals surface area contributed by atoms with E-state index in [1.54, 1.807) is 7.11 Å². The molecule has 6 nitrogen and oxygen atoms in total. The Kier molecular flexibility index (Phi) is 13.1. The van der Waals surface area contributed by atoms with Crippen molar-refractivity contribution in [3.8, 4) is 5.75 Å². The lowest BCUT2D eigenvalue weighted by atomic mass is 10.1. The van der Waals surface area contributed by atoms with Crippen molar-refractivity contribution in [1.29, 1.82) is 0 Å². The summed E-state index contributed by atoms with van der Waals surface area (Å²) in [6.45, 7) is 6.56. The second kappa shape index (κ2) is 15.0. The normalized spacial score (nSPS) is 12.1. The van der Waals surface area contributed by atoms with Crippen LogP contribution < -0.4 is 15.4 Å². The number of nitrogens with one attached hydrogen (secondary N) is 2. The summed E-state index contributed by atoms with van der Waals surface area (Å²) in [6, 6.07) is 16.1. The van der Waals surface area contributed by atoms with Gasteiger partial charge in [0.1, 0.15) is 5.75 Å². The number of aryl methyl sites for hydroxylation is 1. The second-order valence-corrected chi connectivity index (χ2v) is 6.87. The van der Waals surface area contributed by atoms with Crippen molar-refractivity contribution in [1.82, 2.24) is 10.6 Å². The highest BCUT2D eigenvalue weighted by Gasteiger charge is 2.07. The molecule has 0 spiro atoms. The average molecular weight is 527 g/mol. The van der Waals surface area contributed by atoms with Gasteiger partial charge in [-0.25, -0.2) is 0 Å². The van der Waals surface area contributed by atoms with E-state index in [0.29, 0.717) is 19.1 Å². The third kappa shape index (κ3) is 9.77. The van der Waals surface area contributed by atoms with Crippen LogP contribution in [0.3, 0.4) is 0 Å². The number of benzene rings is 2. The summed E-state index contributed by atoms with van der Waals surface area (Å²) < 4.78 is 11.0. The molecule has 0 heterocycles. The highest BCUT2D eigenvalue weighted by atomic mass is 127. The van der Waals surface area contributed by atoms with Crippen molar-refractivity contribution in [2.45, 2.75) is 33.0 Å². The first-order valence-electron chi connectivity index (χ1n) is 10.1. The molecule has 0 saturated heterocycles. The van der Waals surface area contributed by atoms with E-state index in [9.17, 15) is 5.11 Å². The summed E-state index contributed by atoms with van der Waals surface area (Å²) in [6.07, 6.45) is 0.170. The van der Waals surface area contributed by atoms with Crippen molar-refractivity contribution in [2.75, 3.05) is 33.4 Å². The summed E-state index contributed by atoms with van der Waals surface area (Å²) in [5.41, 5.74) is 3.45. The molecule has 0 bridgehead atoms. The quantitative estimate of drug-likeness (QED) is 0.238. The topological polar surface area (TPSA) is 75.1 Å². The molecule has 0 radical (unpaired) electrons. The highest BCUT2D eigenvalue weighted by Crippen LogP contribution is 2.19. The molecule has 0 aliphatic carbocycles. The van der Waals surface area contributed by atoms with Crippen molar-refractivity contribution in [3.05, 3.63) is 65.2 Å². The van der Waals surface area contributed by atoms with Gasteiger partial charge in [-0.15, -0.1) is 24.0 Å². The number of hydrogen-bond acceptors (Lipinski definition) is 4. The van der Waals surface area contributed by atoms with E-state index in [1.807, 2.05) is 49.4 Å². The molecule has 7 heteroatoms. The number of guanidine groups is 1. The number of methoxy groups -OCH3 is 1. The van der Waals surface area contributed by atoms with Crippen LogP contribution in [0.15, 0.2) is 53.5 Å². The fourth-order valence-corrected chi connectivity index (χ4v) is 2.90. The molecule has 2 aromatic carbocycles. The van der Waals surface area contributed by atoms with Crippen molar-refractivity contribution in [3.63, 3.8) is 0 Å². The molecule has 2 aromatic rings. The number of ether oxygens (including phenoxy) is 2. The van der Waals surface area contributed by atoms with Crippen LogP contribution in [-0.4, -0.2) is 50.5 Å². The number of rotatable bonds is 11. The maximum absolute atomic E-state index is 10.1. The van der Waals surface area contributed by atoms with Gasteiger partial charge in [0.25, 0.3) is 0 Å². The van der Waals surface area contributed by atoms with Crippen LogP contribution in [0.1, 0.15) is 23.6 Å². The van der Waals surface area contributed by atoms with E-state index in [0.717, 1.165) is 29.8 Å². The van der Waals surface area contributed by atoms with Gasteiger partial charge in [-0.1, -0.05) is 48.0 Å². The Labute approximate surface area is 197 Å². The molecular weight excluding hydrogens is 493 g/mol. The fraction of sp³-hybridized carbons (Fsp3) is 0.435. The summed E-state index contributed by atoms with van der Waals surface area (Å²) in [5, 5.41) is 16.7. The summed E-state index contributed by atoms with van der Waals surface area (Å²) >= 11 is 0. The molecule has 30 heavy (non-hydrogen) atoms. The van der Waals surface area contributed by atoms with Gasteiger partial charge in [0.15, 0.2) is 5.96 Å². The second-order valence-electron chi connectivity index (χ2n) is 6.87. The number of aliphatic hydroxyl groups excluding tert-OH is 1. The van der Waals surface area contributed by atoms with Gasteiger partial charge in [0, 0.05) is 13.1 Å². The lowest BCUT2D eigenvalue weighted by Gasteiger charge is -2.14. The van der Waals surface area contributed by atoms with Crippen molar-refractivity contribution < 1.29 is 14.6 Å². The Morgan fingerprint density at radius 2 is 1.90 bits per heavy atom. The SMILES string of the molecule is CCNC(=NCC(O)COCc1ccccc1)NCCc1cc(C)ccc1OC.I. The summed E-state index contributed by atoms with van der Waals surface area (Å²) in [5.74, 6) is 1.58. The third-order valence-electron chi connectivity index (χ3n) is 4.35. The van der Waals surface area contributed by atoms with E-state index >= 15 is 0 Å². The van der Waals surface area contributed by atoms with E-state index < -0.39 is 6.10 Å². The number of aliphatic imine (C=N–C) groups is 1. The van der Waals surface area contributed by atoms with Crippen molar-refractivity contribution >= 4 is 29.9 Å². The Morgan fingerprint density at radius 1 is 1.13 bits per heavy atom. The summed E-state index contributed by atoms with van der Waals surface area (Å²) in [7, 11) is 1.69. The van der Waals surface area contributed by atoms with Gasteiger partial charge in [-0.3, -0.25) is 4.99 Å². The predicted molar refractivity (Wildman–Crippen MR) is 133 cm³/mol. The molecule has 2 rings (SSSR count). The van der Waals surface area contributed by atoms with E-state index in [2.05, 4.69) is 28.6 Å². The Hall–Kier alpha value is -1.84. The number of hydrogen-bond donors (Lipinski definition) is 3. The lowest BCUT2D eigenvalue weighted by molar-refractivity contribution is 0.0331. The van der Waals surface area contributed by atoms with Gasteiger partial charge in [0.2, 0.25) is 0 Å². The predicted octanol–water partition coefficient (Wildman–Crippen LogP) is 3.30. The van der Waals surface area contributed by atoms with E-state index in [1.165, 1.54) is 5.56 Å². The molecule has 3 N–H and O–H groups in total. The monoisotopic (exact) mass is 527 g/mol. The average Bonchev–Trinajstić information content (AvgIpc) is 2.73. The fourth-order valence-electron chi connectivity index (χ4n) is 2.90. The van der Waals surface area contributed by atoms with Crippen LogP contribution in [-0.2, 0) is 17.8 Å². The molecule has 0 aromatic heterocycles. The van der Waals surface area contributed by atoms with Gasteiger partial charge in [-0.2, -0.15) is 0 Å². The zero-order valence-corrected chi connectivity index (χ0v) is 20.4. The third-order valence-corrected chi connectivity index (χ3v) is 4.35. The zero-order valence-electron chi connectivity index (χ0n) is 18.1. The van der Waals surface area contributed by atoms with Gasteiger partial charge >= 0.3 is 0 Å². The van der Waals surface area contributed by atoms with Crippen LogP contribution >= 0.6 is 24.0 Å². The Bertz CT molecular complexity index is 757. The first-order chi connectivity index (χ1) is 14.1. The number of aliphatic hydroxyl groups is 1. The van der Waals surface area contributed by atoms with Gasteiger partial charge in [-0.05, 0) is 37.5 Å². The summed E-state index contributed by atoms with van der Waals surface area (Å²) in [4.78, 5) is 4.46. The molecule has 0 fully saturated rings. The smallest absolute Gasteiger partial charge is 0.191 e. The number of nitrogens with zero attached hydrogens (tertiary/aromatic N) is 1. The first kappa shape index (κ1) is 26.2. The Morgan fingerprint density at radius 3 is 2.60 bits per heavy atom. The van der Waals surface area contributed by atoms with Crippen LogP contribution in [0.4, 0.5) is 0 Å². The zero-order chi connectivity index (χ0) is 20.9. The minimum Gasteiger partial charge on any atom is -0.496 e. The minimum absolute atomic E-state index is 0. The molecule has 1 atom stereocenters. The lowest BCUT2D eigenvalue weighted by Crippen LogP contribution is -2.39. The van der Waals surface area contributed by atoms with Crippen LogP contribution in [0, 0.1) is 6.92 Å². The van der Waals surface area contributed by atoms with E-state index in [-0.39, 0.29) is 37.1 Å².